The van der Waals surface area contributed by atoms with Crippen molar-refractivity contribution in [3.05, 3.63) is 131 Å². The maximum atomic E-state index is 14.4. The second-order valence-electron chi connectivity index (χ2n) is 10.8. The highest BCUT2D eigenvalue weighted by Gasteiger charge is 2.34. The zero-order chi connectivity index (χ0) is 31.0. The van der Waals surface area contributed by atoms with Gasteiger partial charge in [0.2, 0.25) is 11.8 Å². The van der Waals surface area contributed by atoms with Gasteiger partial charge in [0.15, 0.2) is 0 Å². The van der Waals surface area contributed by atoms with Crippen molar-refractivity contribution in [2.75, 3.05) is 17.4 Å². The summed E-state index contributed by atoms with van der Waals surface area (Å²) in [6.07, 6.45) is 0.277. The summed E-state index contributed by atoms with van der Waals surface area (Å²) < 4.78 is 29.5. The molecule has 224 valence electrons. The lowest BCUT2D eigenvalue weighted by molar-refractivity contribution is -0.140. The van der Waals surface area contributed by atoms with Crippen molar-refractivity contribution >= 4 is 27.5 Å². The maximum absolute atomic E-state index is 14.4. The number of carbonyl (C=O) groups excluding carboxylic acids is 2. The van der Waals surface area contributed by atoms with Gasteiger partial charge in [0, 0.05) is 19.5 Å². The molecule has 0 heterocycles. The minimum absolute atomic E-state index is 0.0873. The van der Waals surface area contributed by atoms with Crippen LogP contribution in [0.3, 0.4) is 0 Å². The van der Waals surface area contributed by atoms with E-state index >= 15 is 0 Å². The molecule has 0 aromatic heterocycles. The van der Waals surface area contributed by atoms with Crippen molar-refractivity contribution < 1.29 is 18.0 Å². The molecular formula is C35H39N3O4S. The number of nitrogens with one attached hydrogen (secondary N) is 1. The third-order valence-electron chi connectivity index (χ3n) is 7.20. The molecule has 43 heavy (non-hydrogen) atoms. The summed E-state index contributed by atoms with van der Waals surface area (Å²) in [5.41, 5.74) is 4.78. The molecule has 4 aromatic carbocycles. The molecule has 8 heteroatoms. The van der Waals surface area contributed by atoms with Crippen molar-refractivity contribution in [1.29, 1.82) is 0 Å². The lowest BCUT2D eigenvalue weighted by atomic mass is 10.0. The van der Waals surface area contributed by atoms with Gasteiger partial charge in [0.05, 0.1) is 10.6 Å². The quantitative estimate of drug-likeness (QED) is 0.231. The molecule has 0 aliphatic heterocycles. The van der Waals surface area contributed by atoms with Gasteiger partial charge >= 0.3 is 0 Å². The zero-order valence-electron chi connectivity index (χ0n) is 25.2. The normalized spacial score (nSPS) is 11.9. The molecule has 1 unspecified atom stereocenters. The van der Waals surface area contributed by atoms with Gasteiger partial charge in [0.25, 0.3) is 10.0 Å². The molecule has 0 saturated carbocycles. The van der Waals surface area contributed by atoms with Gasteiger partial charge in [-0.25, -0.2) is 8.42 Å². The Bertz CT molecular complexity index is 1620. The topological polar surface area (TPSA) is 86.8 Å². The first-order chi connectivity index (χ1) is 20.6. The van der Waals surface area contributed by atoms with Crippen LogP contribution in [0.25, 0.3) is 0 Å². The first-order valence-corrected chi connectivity index (χ1v) is 15.8. The van der Waals surface area contributed by atoms with E-state index in [0.29, 0.717) is 12.2 Å². The van der Waals surface area contributed by atoms with Gasteiger partial charge in [-0.1, -0.05) is 84.4 Å². The number of carbonyl (C=O) groups is 2. The third kappa shape index (κ3) is 8.11. The van der Waals surface area contributed by atoms with Gasteiger partial charge in [-0.2, -0.15) is 0 Å². The van der Waals surface area contributed by atoms with Gasteiger partial charge in [0.1, 0.15) is 12.6 Å². The molecule has 1 atom stereocenters. The monoisotopic (exact) mass is 597 g/mol. The highest BCUT2D eigenvalue weighted by Crippen LogP contribution is 2.27. The van der Waals surface area contributed by atoms with Crippen LogP contribution in [-0.2, 0) is 32.6 Å². The summed E-state index contributed by atoms with van der Waals surface area (Å²) in [5.74, 6) is -0.777. The van der Waals surface area contributed by atoms with Crippen LogP contribution in [-0.4, -0.2) is 44.3 Å². The van der Waals surface area contributed by atoms with Crippen LogP contribution in [0.5, 0.6) is 0 Å². The van der Waals surface area contributed by atoms with E-state index in [0.717, 1.165) is 32.1 Å². The summed E-state index contributed by atoms with van der Waals surface area (Å²) in [4.78, 5) is 29.6. The molecule has 0 saturated heterocycles. The minimum Gasteiger partial charge on any atom is -0.355 e. The summed E-state index contributed by atoms with van der Waals surface area (Å²) in [6, 6.07) is 30.1. The maximum Gasteiger partial charge on any atom is 0.264 e. The van der Waals surface area contributed by atoms with Crippen molar-refractivity contribution in [2.24, 2.45) is 0 Å². The molecule has 2 amide bonds. The van der Waals surface area contributed by atoms with Gasteiger partial charge in [-0.15, -0.1) is 0 Å². The highest BCUT2D eigenvalue weighted by atomic mass is 32.2. The second-order valence-corrected chi connectivity index (χ2v) is 12.6. The standard InChI is InChI=1S/C35H39N3O4S/c1-5-36-35(40)33(23-29-12-8-6-9-13-29)37(24-30-14-10-7-11-15-30)34(39)25-38(31-21-27(3)20-28(4)22-31)43(41,42)32-18-16-26(2)17-19-32/h6-22,33H,5,23-25H2,1-4H3,(H,36,40). The Labute approximate surface area is 255 Å². The number of likely N-dealkylation sites (N-methyl/N-ethyl adjacent to an activating group) is 1. The van der Waals surface area contributed by atoms with Crippen LogP contribution >= 0.6 is 0 Å². The van der Waals surface area contributed by atoms with E-state index in [4.69, 9.17) is 0 Å². The fourth-order valence-corrected chi connectivity index (χ4v) is 6.48. The van der Waals surface area contributed by atoms with Crippen LogP contribution < -0.4 is 9.62 Å². The molecular weight excluding hydrogens is 558 g/mol. The fraction of sp³-hybridized carbons (Fsp3) is 0.257. The Morgan fingerprint density at radius 2 is 1.30 bits per heavy atom. The predicted octanol–water partition coefficient (Wildman–Crippen LogP) is 5.58. The fourth-order valence-electron chi connectivity index (χ4n) is 5.09. The lowest BCUT2D eigenvalue weighted by Crippen LogP contribution is -2.53. The summed E-state index contributed by atoms with van der Waals surface area (Å²) in [7, 11) is -4.14. The largest absolute Gasteiger partial charge is 0.355 e. The molecule has 4 rings (SSSR count). The summed E-state index contributed by atoms with van der Waals surface area (Å²) >= 11 is 0. The number of aryl methyl sites for hydroxylation is 3. The first kappa shape index (κ1) is 31.5. The molecule has 0 radical (unpaired) electrons. The Kier molecular flexibility index (Phi) is 10.4. The van der Waals surface area contributed by atoms with Gasteiger partial charge in [-0.05, 0) is 74.2 Å². The number of nitrogens with zero attached hydrogens (tertiary/aromatic N) is 2. The number of rotatable bonds is 12. The molecule has 0 aliphatic carbocycles. The predicted molar refractivity (Wildman–Crippen MR) is 171 cm³/mol. The number of benzene rings is 4. The molecule has 0 bridgehead atoms. The summed E-state index contributed by atoms with van der Waals surface area (Å²) in [6.45, 7) is 7.56. The van der Waals surface area contributed by atoms with E-state index < -0.39 is 28.5 Å². The van der Waals surface area contributed by atoms with Crippen molar-refractivity contribution in [3.8, 4) is 0 Å². The smallest absolute Gasteiger partial charge is 0.264 e. The molecule has 0 fully saturated rings. The van der Waals surface area contributed by atoms with Crippen LogP contribution in [0.4, 0.5) is 5.69 Å². The third-order valence-corrected chi connectivity index (χ3v) is 8.99. The Hall–Kier alpha value is -4.43. The summed E-state index contributed by atoms with van der Waals surface area (Å²) in [5, 5.41) is 2.88. The Morgan fingerprint density at radius 1 is 0.744 bits per heavy atom. The number of hydrogen-bond donors (Lipinski definition) is 1. The van der Waals surface area contributed by atoms with E-state index in [2.05, 4.69) is 5.32 Å². The van der Waals surface area contributed by atoms with E-state index in [1.54, 1.807) is 36.4 Å². The average Bonchev–Trinajstić information content (AvgIpc) is 2.98. The number of anilines is 1. The number of sulfonamides is 1. The van der Waals surface area contributed by atoms with Crippen LogP contribution in [0.15, 0.2) is 108 Å². The number of amides is 2. The first-order valence-electron chi connectivity index (χ1n) is 14.4. The van der Waals surface area contributed by atoms with E-state index in [1.165, 1.54) is 4.90 Å². The van der Waals surface area contributed by atoms with Crippen molar-refractivity contribution in [3.63, 3.8) is 0 Å². The van der Waals surface area contributed by atoms with E-state index in [1.807, 2.05) is 94.4 Å². The zero-order valence-corrected chi connectivity index (χ0v) is 26.0. The molecule has 0 aliphatic rings. The molecule has 4 aromatic rings. The minimum atomic E-state index is -4.14. The lowest BCUT2D eigenvalue weighted by Gasteiger charge is -2.34. The van der Waals surface area contributed by atoms with Gasteiger partial charge in [-0.3, -0.25) is 13.9 Å². The SMILES string of the molecule is CCNC(=O)C(Cc1ccccc1)N(Cc1ccccc1)C(=O)CN(c1cc(C)cc(C)c1)S(=O)(=O)c1ccc(C)cc1. The van der Waals surface area contributed by atoms with Crippen LogP contribution in [0, 0.1) is 20.8 Å². The molecule has 7 nitrogen and oxygen atoms in total. The van der Waals surface area contributed by atoms with Crippen LogP contribution in [0.2, 0.25) is 0 Å². The average molecular weight is 598 g/mol. The Morgan fingerprint density at radius 3 is 1.86 bits per heavy atom. The second kappa shape index (κ2) is 14.2. The Balaban J connectivity index is 1.80. The van der Waals surface area contributed by atoms with Crippen molar-refractivity contribution in [1.82, 2.24) is 10.2 Å². The molecule has 1 N–H and O–H groups in total. The van der Waals surface area contributed by atoms with Crippen LogP contribution in [0.1, 0.15) is 34.7 Å². The number of hydrogen-bond acceptors (Lipinski definition) is 4. The van der Waals surface area contributed by atoms with Crippen molar-refractivity contribution in [2.45, 2.75) is 51.6 Å². The van der Waals surface area contributed by atoms with E-state index in [9.17, 15) is 18.0 Å². The van der Waals surface area contributed by atoms with E-state index in [-0.39, 0.29) is 23.8 Å². The van der Waals surface area contributed by atoms with Gasteiger partial charge < -0.3 is 10.2 Å². The molecule has 0 spiro atoms. The highest BCUT2D eigenvalue weighted by molar-refractivity contribution is 7.92.